The number of rotatable bonds is 4. The molecule has 0 aliphatic carbocycles. The highest BCUT2D eigenvalue weighted by molar-refractivity contribution is 8.13. The Bertz CT molecular complexity index is 696. The molecular formula is C11H13ClN4O2S. The van der Waals surface area contributed by atoms with E-state index in [-0.39, 0.29) is 5.16 Å². The van der Waals surface area contributed by atoms with Crippen molar-refractivity contribution in [1.29, 1.82) is 0 Å². The molecule has 8 heteroatoms. The molecule has 0 unspecified atom stereocenters. The summed E-state index contributed by atoms with van der Waals surface area (Å²) in [4.78, 5) is 4.07. The van der Waals surface area contributed by atoms with E-state index in [9.17, 15) is 8.42 Å². The van der Waals surface area contributed by atoms with Gasteiger partial charge in [-0.25, -0.2) is 8.42 Å². The summed E-state index contributed by atoms with van der Waals surface area (Å²) in [5.74, 6) is 0.456. The molecule has 0 saturated carbocycles. The maximum atomic E-state index is 11.5. The maximum absolute atomic E-state index is 11.5. The van der Waals surface area contributed by atoms with Crippen molar-refractivity contribution in [2.45, 2.75) is 32.0 Å². The summed E-state index contributed by atoms with van der Waals surface area (Å²) < 4.78 is 24.4. The van der Waals surface area contributed by atoms with Crippen molar-refractivity contribution >= 4 is 19.7 Å². The van der Waals surface area contributed by atoms with Gasteiger partial charge < -0.3 is 0 Å². The van der Waals surface area contributed by atoms with Crippen LogP contribution in [0.2, 0.25) is 0 Å². The van der Waals surface area contributed by atoms with E-state index in [1.807, 2.05) is 19.9 Å². The van der Waals surface area contributed by atoms with Crippen LogP contribution in [0.25, 0.3) is 11.4 Å². The third-order valence-corrected chi connectivity index (χ3v) is 3.67. The predicted octanol–water partition coefficient (Wildman–Crippen LogP) is 1.99. The van der Waals surface area contributed by atoms with Gasteiger partial charge in [0.15, 0.2) is 5.82 Å². The van der Waals surface area contributed by atoms with Crippen LogP contribution in [0.15, 0.2) is 23.6 Å². The average molecular weight is 301 g/mol. The summed E-state index contributed by atoms with van der Waals surface area (Å²) in [7, 11) is 1.45. The SMILES string of the molecule is CCCn1c(-c2cncc(C)c2)nnc1S(=O)(=O)Cl. The normalized spacial score (nSPS) is 11.7. The van der Waals surface area contributed by atoms with Gasteiger partial charge in [-0.15, -0.1) is 10.2 Å². The molecule has 2 heterocycles. The third kappa shape index (κ3) is 2.93. The molecule has 0 radical (unpaired) electrons. The number of pyridine rings is 1. The maximum Gasteiger partial charge on any atom is 0.296 e. The molecule has 2 rings (SSSR count). The Kier molecular flexibility index (Phi) is 3.86. The largest absolute Gasteiger partial charge is 0.297 e. The summed E-state index contributed by atoms with van der Waals surface area (Å²) in [5.41, 5.74) is 1.67. The number of hydrogen-bond donors (Lipinski definition) is 0. The summed E-state index contributed by atoms with van der Waals surface area (Å²) in [6.07, 6.45) is 4.07. The van der Waals surface area contributed by atoms with Crippen LogP contribution < -0.4 is 0 Å². The summed E-state index contributed by atoms with van der Waals surface area (Å²) >= 11 is 0. The minimum atomic E-state index is -3.91. The smallest absolute Gasteiger partial charge is 0.296 e. The van der Waals surface area contributed by atoms with Crippen LogP contribution in [0.3, 0.4) is 0 Å². The van der Waals surface area contributed by atoms with Gasteiger partial charge in [-0.3, -0.25) is 9.55 Å². The zero-order valence-electron chi connectivity index (χ0n) is 10.5. The molecule has 0 amide bonds. The van der Waals surface area contributed by atoms with Gasteiger partial charge in [0.05, 0.1) is 0 Å². The molecule has 0 fully saturated rings. The molecule has 0 saturated heterocycles. The van der Waals surface area contributed by atoms with Gasteiger partial charge in [-0.2, -0.15) is 0 Å². The van der Waals surface area contributed by atoms with Crippen LogP contribution in [0.1, 0.15) is 18.9 Å². The minimum Gasteiger partial charge on any atom is -0.297 e. The van der Waals surface area contributed by atoms with E-state index in [2.05, 4.69) is 15.2 Å². The number of aromatic nitrogens is 4. The summed E-state index contributed by atoms with van der Waals surface area (Å²) in [6, 6.07) is 1.87. The first-order chi connectivity index (χ1) is 8.93. The lowest BCUT2D eigenvalue weighted by molar-refractivity contribution is 0.570. The summed E-state index contributed by atoms with van der Waals surface area (Å²) in [6.45, 7) is 4.30. The topological polar surface area (TPSA) is 77.7 Å². The van der Waals surface area contributed by atoms with E-state index in [1.54, 1.807) is 12.4 Å². The van der Waals surface area contributed by atoms with Crippen molar-refractivity contribution in [3.05, 3.63) is 24.0 Å². The number of halogens is 1. The fourth-order valence-electron chi connectivity index (χ4n) is 1.79. The van der Waals surface area contributed by atoms with Crippen LogP contribution in [-0.4, -0.2) is 28.2 Å². The highest BCUT2D eigenvalue weighted by atomic mass is 35.7. The number of aryl methyl sites for hydroxylation is 1. The number of hydrogen-bond acceptors (Lipinski definition) is 5. The second-order valence-electron chi connectivity index (χ2n) is 4.15. The molecule has 2 aromatic rings. The van der Waals surface area contributed by atoms with Crippen LogP contribution in [0.4, 0.5) is 0 Å². The van der Waals surface area contributed by atoms with Crippen LogP contribution in [0.5, 0.6) is 0 Å². The van der Waals surface area contributed by atoms with Gasteiger partial charge in [-0.1, -0.05) is 6.92 Å². The lowest BCUT2D eigenvalue weighted by Gasteiger charge is -2.07. The minimum absolute atomic E-state index is 0.229. The quantitative estimate of drug-likeness (QED) is 0.807. The molecule has 0 aliphatic rings. The van der Waals surface area contributed by atoms with Crippen molar-refractivity contribution in [3.8, 4) is 11.4 Å². The third-order valence-electron chi connectivity index (χ3n) is 2.52. The van der Waals surface area contributed by atoms with Gasteiger partial charge in [0.25, 0.3) is 14.2 Å². The molecule has 2 aromatic heterocycles. The van der Waals surface area contributed by atoms with E-state index in [4.69, 9.17) is 10.7 Å². The van der Waals surface area contributed by atoms with Crippen LogP contribution in [0, 0.1) is 6.92 Å². The predicted molar refractivity (Wildman–Crippen MR) is 71.3 cm³/mol. The molecule has 0 N–H and O–H groups in total. The van der Waals surface area contributed by atoms with E-state index in [0.717, 1.165) is 12.0 Å². The van der Waals surface area contributed by atoms with Gasteiger partial charge in [-0.05, 0) is 25.0 Å². The van der Waals surface area contributed by atoms with Crippen molar-refractivity contribution < 1.29 is 8.42 Å². The highest BCUT2D eigenvalue weighted by Crippen LogP contribution is 2.22. The molecule has 19 heavy (non-hydrogen) atoms. The van der Waals surface area contributed by atoms with Gasteiger partial charge in [0.2, 0.25) is 0 Å². The molecule has 0 atom stereocenters. The summed E-state index contributed by atoms with van der Waals surface area (Å²) in [5, 5.41) is 7.37. The Labute approximate surface area is 115 Å². The molecular weight excluding hydrogens is 288 g/mol. The molecule has 6 nitrogen and oxygen atoms in total. The second-order valence-corrected chi connectivity index (χ2v) is 6.61. The van der Waals surface area contributed by atoms with Gasteiger partial charge in [0.1, 0.15) is 0 Å². The van der Waals surface area contributed by atoms with E-state index >= 15 is 0 Å². The van der Waals surface area contributed by atoms with E-state index in [0.29, 0.717) is 17.9 Å². The molecule has 0 spiro atoms. The Morgan fingerprint density at radius 2 is 2.05 bits per heavy atom. The Morgan fingerprint density at radius 3 is 2.63 bits per heavy atom. The van der Waals surface area contributed by atoms with Crippen LogP contribution in [-0.2, 0) is 15.6 Å². The zero-order chi connectivity index (χ0) is 14.0. The average Bonchev–Trinajstić information content (AvgIpc) is 2.73. The van der Waals surface area contributed by atoms with Gasteiger partial charge >= 0.3 is 0 Å². The van der Waals surface area contributed by atoms with E-state index in [1.165, 1.54) is 4.57 Å². The van der Waals surface area contributed by atoms with Crippen LogP contribution >= 0.6 is 10.7 Å². The Balaban J connectivity index is 2.62. The molecule has 102 valence electrons. The molecule has 0 aliphatic heterocycles. The molecule has 0 aromatic carbocycles. The van der Waals surface area contributed by atoms with Gasteiger partial charge in [0, 0.05) is 35.2 Å². The lowest BCUT2D eigenvalue weighted by Crippen LogP contribution is -2.07. The fraction of sp³-hybridized carbons (Fsp3) is 0.364. The molecule has 0 bridgehead atoms. The van der Waals surface area contributed by atoms with Crippen molar-refractivity contribution in [1.82, 2.24) is 19.7 Å². The second kappa shape index (κ2) is 5.26. The van der Waals surface area contributed by atoms with Crippen molar-refractivity contribution in [2.24, 2.45) is 0 Å². The number of nitrogens with zero attached hydrogens (tertiary/aromatic N) is 4. The first kappa shape index (κ1) is 14.0. The Morgan fingerprint density at radius 1 is 1.32 bits per heavy atom. The lowest BCUT2D eigenvalue weighted by atomic mass is 10.2. The zero-order valence-corrected chi connectivity index (χ0v) is 12.1. The van der Waals surface area contributed by atoms with Crippen molar-refractivity contribution in [3.63, 3.8) is 0 Å². The first-order valence-electron chi connectivity index (χ1n) is 5.73. The highest BCUT2D eigenvalue weighted by Gasteiger charge is 2.22. The van der Waals surface area contributed by atoms with Crippen molar-refractivity contribution in [2.75, 3.05) is 0 Å². The monoisotopic (exact) mass is 300 g/mol. The standard InChI is InChI=1S/C11H13ClN4O2S/c1-3-4-16-10(9-5-8(2)6-13-7-9)14-15-11(16)19(12,17)18/h5-7H,3-4H2,1-2H3. The fourth-order valence-corrected chi connectivity index (χ4v) is 2.71. The first-order valence-corrected chi connectivity index (χ1v) is 8.04. The van der Waals surface area contributed by atoms with E-state index < -0.39 is 9.05 Å². The Hall–Kier alpha value is -1.47.